The topological polar surface area (TPSA) is 46.6 Å². The summed E-state index contributed by atoms with van der Waals surface area (Å²) in [7, 11) is 1.50. The van der Waals surface area contributed by atoms with Gasteiger partial charge in [-0.25, -0.2) is 0 Å². The van der Waals surface area contributed by atoms with Gasteiger partial charge in [-0.2, -0.15) is 0 Å². The largest absolute Gasteiger partial charge is 0.495 e. The first kappa shape index (κ1) is 11.0. The lowest BCUT2D eigenvalue weighted by Gasteiger charge is -2.19. The SMILES string of the molecule is COc1cccc(Cl)c1N1CC(=O)CC1=O. The van der Waals surface area contributed by atoms with E-state index in [1.54, 1.807) is 18.2 Å². The van der Waals surface area contributed by atoms with Crippen LogP contribution in [-0.4, -0.2) is 25.3 Å². The number of rotatable bonds is 2. The van der Waals surface area contributed by atoms with Gasteiger partial charge in [0.05, 0.1) is 25.1 Å². The molecule has 1 aliphatic rings. The lowest BCUT2D eigenvalue weighted by atomic mass is 10.2. The Kier molecular flexibility index (Phi) is 2.83. The van der Waals surface area contributed by atoms with Crippen molar-refractivity contribution in [3.05, 3.63) is 23.2 Å². The molecule has 0 aromatic heterocycles. The van der Waals surface area contributed by atoms with Crippen molar-refractivity contribution in [3.63, 3.8) is 0 Å². The zero-order chi connectivity index (χ0) is 11.7. The van der Waals surface area contributed by atoms with Gasteiger partial charge in [0.15, 0.2) is 5.78 Å². The van der Waals surface area contributed by atoms with Crippen LogP contribution in [0.25, 0.3) is 0 Å². The van der Waals surface area contributed by atoms with Crippen LogP contribution in [0, 0.1) is 0 Å². The third-order valence-corrected chi connectivity index (χ3v) is 2.73. The molecule has 1 saturated heterocycles. The number of Topliss-reactive ketones (excluding diaryl/α,β-unsaturated/α-hetero) is 1. The van der Waals surface area contributed by atoms with Gasteiger partial charge in [-0.3, -0.25) is 14.5 Å². The molecule has 0 radical (unpaired) electrons. The molecule has 1 aliphatic heterocycles. The Morgan fingerprint density at radius 1 is 1.38 bits per heavy atom. The highest BCUT2D eigenvalue weighted by atomic mass is 35.5. The van der Waals surface area contributed by atoms with Gasteiger partial charge in [-0.05, 0) is 12.1 Å². The number of amides is 1. The Labute approximate surface area is 97.7 Å². The average molecular weight is 240 g/mol. The van der Waals surface area contributed by atoms with Crippen LogP contribution in [0.2, 0.25) is 5.02 Å². The van der Waals surface area contributed by atoms with Gasteiger partial charge in [0.25, 0.3) is 0 Å². The molecule has 0 N–H and O–H groups in total. The molecular formula is C11H10ClNO3. The Bertz CT molecular complexity index is 459. The van der Waals surface area contributed by atoms with E-state index in [2.05, 4.69) is 0 Å². The summed E-state index contributed by atoms with van der Waals surface area (Å²) in [6.45, 7) is 0.0684. The number of hydrogen-bond donors (Lipinski definition) is 0. The summed E-state index contributed by atoms with van der Waals surface area (Å²) in [5.74, 6) is 0.152. The lowest BCUT2D eigenvalue weighted by molar-refractivity contribution is -0.121. The molecule has 1 amide bonds. The molecule has 16 heavy (non-hydrogen) atoms. The number of benzene rings is 1. The van der Waals surface area contributed by atoms with E-state index in [9.17, 15) is 9.59 Å². The number of carbonyl (C=O) groups is 2. The van der Waals surface area contributed by atoms with Crippen molar-refractivity contribution in [2.75, 3.05) is 18.6 Å². The summed E-state index contributed by atoms with van der Waals surface area (Å²) in [4.78, 5) is 24.2. The quantitative estimate of drug-likeness (QED) is 0.738. The molecular weight excluding hydrogens is 230 g/mol. The molecule has 5 heteroatoms. The zero-order valence-electron chi connectivity index (χ0n) is 8.70. The van der Waals surface area contributed by atoms with Crippen LogP contribution in [0.5, 0.6) is 5.75 Å². The molecule has 1 heterocycles. The number of methoxy groups -OCH3 is 1. The number of para-hydroxylation sites is 1. The van der Waals surface area contributed by atoms with E-state index in [4.69, 9.17) is 16.3 Å². The van der Waals surface area contributed by atoms with Gasteiger partial charge >= 0.3 is 0 Å². The first-order valence-corrected chi connectivity index (χ1v) is 5.16. The summed E-state index contributed by atoms with van der Waals surface area (Å²) in [5.41, 5.74) is 0.475. The van der Waals surface area contributed by atoms with Crippen molar-refractivity contribution in [1.29, 1.82) is 0 Å². The summed E-state index contributed by atoms with van der Waals surface area (Å²) in [6, 6.07) is 5.10. The second kappa shape index (κ2) is 4.14. The monoisotopic (exact) mass is 239 g/mol. The molecule has 84 valence electrons. The number of carbonyl (C=O) groups excluding carboxylic acids is 2. The molecule has 0 saturated carbocycles. The van der Waals surface area contributed by atoms with Gasteiger partial charge in [-0.1, -0.05) is 17.7 Å². The van der Waals surface area contributed by atoms with Gasteiger partial charge in [0, 0.05) is 0 Å². The van der Waals surface area contributed by atoms with Gasteiger partial charge in [0.1, 0.15) is 11.4 Å². The molecule has 0 bridgehead atoms. The Morgan fingerprint density at radius 2 is 2.12 bits per heavy atom. The van der Waals surface area contributed by atoms with Crippen LogP contribution in [0.15, 0.2) is 18.2 Å². The Hall–Kier alpha value is -1.55. The van der Waals surface area contributed by atoms with Crippen molar-refractivity contribution in [3.8, 4) is 5.75 Å². The summed E-state index contributed by atoms with van der Waals surface area (Å²) < 4.78 is 5.13. The number of hydrogen-bond acceptors (Lipinski definition) is 3. The van der Waals surface area contributed by atoms with Crippen LogP contribution in [0.1, 0.15) is 6.42 Å². The van der Waals surface area contributed by atoms with E-state index in [1.807, 2.05) is 0 Å². The maximum Gasteiger partial charge on any atom is 0.235 e. The van der Waals surface area contributed by atoms with Gasteiger partial charge < -0.3 is 4.74 Å². The first-order valence-electron chi connectivity index (χ1n) is 4.78. The minimum absolute atomic E-state index is 0.0611. The van der Waals surface area contributed by atoms with Crippen LogP contribution in [-0.2, 0) is 9.59 Å². The van der Waals surface area contributed by atoms with E-state index in [0.29, 0.717) is 16.5 Å². The maximum absolute atomic E-state index is 11.6. The normalized spacial score (nSPS) is 15.8. The molecule has 2 rings (SSSR count). The highest BCUT2D eigenvalue weighted by Gasteiger charge is 2.31. The third-order valence-electron chi connectivity index (χ3n) is 2.42. The predicted molar refractivity (Wildman–Crippen MR) is 60.0 cm³/mol. The number of ether oxygens (including phenoxy) is 1. The average Bonchev–Trinajstić information content (AvgIpc) is 2.57. The van der Waals surface area contributed by atoms with Crippen molar-refractivity contribution in [2.45, 2.75) is 6.42 Å². The van der Waals surface area contributed by atoms with Gasteiger partial charge in [-0.15, -0.1) is 0 Å². The number of anilines is 1. The minimum Gasteiger partial charge on any atom is -0.495 e. The van der Waals surface area contributed by atoms with E-state index in [0.717, 1.165) is 0 Å². The molecule has 0 atom stereocenters. The molecule has 1 aromatic rings. The van der Waals surface area contributed by atoms with Crippen molar-refractivity contribution >= 4 is 29.0 Å². The fourth-order valence-corrected chi connectivity index (χ4v) is 1.98. The van der Waals surface area contributed by atoms with Gasteiger partial charge in [0.2, 0.25) is 5.91 Å². The standard InChI is InChI=1S/C11H10ClNO3/c1-16-9-4-2-3-8(12)11(9)13-6-7(14)5-10(13)15/h2-4H,5-6H2,1H3. The van der Waals surface area contributed by atoms with E-state index in [1.165, 1.54) is 12.0 Å². The highest BCUT2D eigenvalue weighted by Crippen LogP contribution is 2.37. The molecule has 4 nitrogen and oxygen atoms in total. The second-order valence-electron chi connectivity index (χ2n) is 3.49. The molecule has 0 aliphatic carbocycles. The van der Waals surface area contributed by atoms with Crippen LogP contribution >= 0.6 is 11.6 Å². The van der Waals surface area contributed by atoms with Crippen LogP contribution in [0.3, 0.4) is 0 Å². The lowest BCUT2D eigenvalue weighted by Crippen LogP contribution is -2.25. The fraction of sp³-hybridized carbons (Fsp3) is 0.273. The summed E-state index contributed by atoms with van der Waals surface area (Å²) in [6.07, 6.45) is -0.0611. The number of halogens is 1. The van der Waals surface area contributed by atoms with Crippen molar-refractivity contribution in [1.82, 2.24) is 0 Å². The maximum atomic E-state index is 11.6. The fourth-order valence-electron chi connectivity index (χ4n) is 1.71. The highest BCUT2D eigenvalue weighted by molar-refractivity contribution is 6.35. The van der Waals surface area contributed by atoms with Crippen molar-refractivity contribution in [2.24, 2.45) is 0 Å². The van der Waals surface area contributed by atoms with Crippen LogP contribution in [0.4, 0.5) is 5.69 Å². The van der Waals surface area contributed by atoms with Crippen molar-refractivity contribution < 1.29 is 14.3 Å². The number of nitrogens with zero attached hydrogens (tertiary/aromatic N) is 1. The third kappa shape index (κ3) is 1.76. The number of ketones is 1. The smallest absolute Gasteiger partial charge is 0.235 e. The predicted octanol–water partition coefficient (Wildman–Crippen LogP) is 1.65. The first-order chi connectivity index (χ1) is 7.63. The Morgan fingerprint density at radius 3 is 2.69 bits per heavy atom. The summed E-state index contributed by atoms with van der Waals surface area (Å²) >= 11 is 6.02. The van der Waals surface area contributed by atoms with E-state index < -0.39 is 0 Å². The van der Waals surface area contributed by atoms with E-state index >= 15 is 0 Å². The molecule has 1 fully saturated rings. The summed E-state index contributed by atoms with van der Waals surface area (Å²) in [5, 5.41) is 0.405. The van der Waals surface area contributed by atoms with Crippen LogP contribution < -0.4 is 9.64 Å². The molecule has 0 unspecified atom stereocenters. The van der Waals surface area contributed by atoms with E-state index in [-0.39, 0.29) is 24.7 Å². The minimum atomic E-state index is -0.239. The Balaban J connectivity index is 2.47. The second-order valence-corrected chi connectivity index (χ2v) is 3.89. The molecule has 1 aromatic carbocycles. The molecule has 0 spiro atoms. The zero-order valence-corrected chi connectivity index (χ0v) is 9.45.